The Kier molecular flexibility index (Phi) is 4.61. The van der Waals surface area contributed by atoms with Gasteiger partial charge in [0.2, 0.25) is 0 Å². The lowest BCUT2D eigenvalue weighted by Gasteiger charge is -2.08. The number of ether oxygens (including phenoxy) is 1. The van der Waals surface area contributed by atoms with Crippen LogP contribution in [0.25, 0.3) is 11.3 Å². The fourth-order valence-electron chi connectivity index (χ4n) is 2.43. The number of anilines is 1. The first kappa shape index (κ1) is 16.4. The number of aromatic nitrogens is 2. The van der Waals surface area contributed by atoms with Crippen molar-refractivity contribution in [1.82, 2.24) is 9.97 Å². The number of amides is 1. The molecule has 0 spiro atoms. The molecular weight excluding hydrogens is 318 g/mol. The van der Waals surface area contributed by atoms with Gasteiger partial charge in [-0.3, -0.25) is 4.79 Å². The van der Waals surface area contributed by atoms with Crippen LogP contribution in [0.2, 0.25) is 0 Å². The summed E-state index contributed by atoms with van der Waals surface area (Å²) in [5.41, 5.74) is 2.32. The predicted molar refractivity (Wildman–Crippen MR) is 96.0 cm³/mol. The van der Waals surface area contributed by atoms with E-state index in [2.05, 4.69) is 15.3 Å². The number of rotatable bonds is 4. The van der Waals surface area contributed by atoms with Gasteiger partial charge in [0.1, 0.15) is 11.4 Å². The molecule has 6 heteroatoms. The zero-order valence-corrected chi connectivity index (χ0v) is 13.9. The topological polar surface area (TPSA) is 84.1 Å². The summed E-state index contributed by atoms with van der Waals surface area (Å²) in [6.45, 7) is 1.94. The number of aryl methyl sites for hydroxylation is 1. The smallest absolute Gasteiger partial charge is 0.346 e. The summed E-state index contributed by atoms with van der Waals surface area (Å²) in [6.07, 6.45) is 0. The van der Waals surface area contributed by atoms with Crippen molar-refractivity contribution in [3.8, 4) is 17.0 Å². The average molecular weight is 335 g/mol. The lowest BCUT2D eigenvalue weighted by Crippen LogP contribution is -2.21. The van der Waals surface area contributed by atoms with Crippen LogP contribution in [0.15, 0.2) is 59.4 Å². The van der Waals surface area contributed by atoms with Crippen molar-refractivity contribution in [2.75, 3.05) is 12.4 Å². The molecule has 0 aliphatic rings. The van der Waals surface area contributed by atoms with Crippen LogP contribution in [0, 0.1) is 6.92 Å². The van der Waals surface area contributed by atoms with Crippen LogP contribution in [0.1, 0.15) is 16.1 Å². The zero-order chi connectivity index (χ0) is 17.8. The molecule has 0 bridgehead atoms. The van der Waals surface area contributed by atoms with E-state index in [1.165, 1.54) is 0 Å². The minimum absolute atomic E-state index is 0.138. The highest BCUT2D eigenvalue weighted by molar-refractivity contribution is 6.03. The molecule has 3 aromatic rings. The first-order valence-electron chi connectivity index (χ1n) is 7.69. The van der Waals surface area contributed by atoms with Gasteiger partial charge in [-0.25, -0.2) is 4.79 Å². The van der Waals surface area contributed by atoms with Gasteiger partial charge < -0.3 is 15.0 Å². The van der Waals surface area contributed by atoms with Crippen molar-refractivity contribution in [2.45, 2.75) is 6.92 Å². The lowest BCUT2D eigenvalue weighted by molar-refractivity contribution is 0.102. The Bertz CT molecular complexity index is 979. The van der Waals surface area contributed by atoms with E-state index < -0.39 is 11.6 Å². The van der Waals surface area contributed by atoms with Crippen LogP contribution >= 0.6 is 0 Å². The number of benzene rings is 2. The maximum atomic E-state index is 12.5. The third-order valence-electron chi connectivity index (χ3n) is 3.63. The molecule has 0 fully saturated rings. The Hall–Kier alpha value is -3.41. The van der Waals surface area contributed by atoms with Gasteiger partial charge in [-0.1, -0.05) is 24.3 Å². The number of carbonyl (C=O) groups is 1. The highest BCUT2D eigenvalue weighted by atomic mass is 16.5. The van der Waals surface area contributed by atoms with Crippen LogP contribution in [-0.2, 0) is 0 Å². The van der Waals surface area contributed by atoms with E-state index in [0.717, 1.165) is 5.56 Å². The SMILES string of the molecule is COc1cccc(-c2cc(C(=O)Nc3cccc(C)c3)[nH]c(=O)n2)c1. The van der Waals surface area contributed by atoms with E-state index in [1.54, 1.807) is 43.5 Å². The van der Waals surface area contributed by atoms with Crippen LogP contribution in [-0.4, -0.2) is 23.0 Å². The van der Waals surface area contributed by atoms with E-state index in [-0.39, 0.29) is 5.69 Å². The third-order valence-corrected chi connectivity index (χ3v) is 3.63. The fraction of sp³-hybridized carbons (Fsp3) is 0.105. The summed E-state index contributed by atoms with van der Waals surface area (Å²) in [5.74, 6) is 0.236. The second kappa shape index (κ2) is 7.00. The van der Waals surface area contributed by atoms with Gasteiger partial charge in [0.15, 0.2) is 0 Å². The van der Waals surface area contributed by atoms with Crippen molar-refractivity contribution in [3.63, 3.8) is 0 Å². The third kappa shape index (κ3) is 3.92. The minimum Gasteiger partial charge on any atom is -0.497 e. The molecule has 0 radical (unpaired) electrons. The largest absolute Gasteiger partial charge is 0.497 e. The molecule has 0 aliphatic heterocycles. The number of nitrogens with one attached hydrogen (secondary N) is 2. The standard InChI is InChI=1S/C19H17N3O3/c1-12-5-3-7-14(9-12)20-18(23)17-11-16(21-19(24)22-17)13-6-4-8-15(10-13)25-2/h3-11H,1-2H3,(H,20,23)(H,21,22,24). The van der Waals surface area contributed by atoms with Gasteiger partial charge in [0, 0.05) is 11.3 Å². The molecule has 0 saturated heterocycles. The molecular formula is C19H17N3O3. The van der Waals surface area contributed by atoms with Crippen LogP contribution in [0.4, 0.5) is 5.69 Å². The Morgan fingerprint density at radius 2 is 1.92 bits per heavy atom. The zero-order valence-electron chi connectivity index (χ0n) is 13.9. The number of hydrogen-bond donors (Lipinski definition) is 2. The first-order valence-corrected chi connectivity index (χ1v) is 7.69. The van der Waals surface area contributed by atoms with Gasteiger partial charge in [0.05, 0.1) is 12.8 Å². The molecule has 25 heavy (non-hydrogen) atoms. The Labute approximate surface area is 144 Å². The molecule has 0 aliphatic carbocycles. The molecule has 0 unspecified atom stereocenters. The Morgan fingerprint density at radius 3 is 2.68 bits per heavy atom. The van der Waals surface area contributed by atoms with Crippen LogP contribution in [0.5, 0.6) is 5.75 Å². The molecule has 3 rings (SSSR count). The second-order valence-corrected chi connectivity index (χ2v) is 5.54. The van der Waals surface area contributed by atoms with Gasteiger partial charge in [0.25, 0.3) is 5.91 Å². The summed E-state index contributed by atoms with van der Waals surface area (Å²) in [7, 11) is 1.56. The first-order chi connectivity index (χ1) is 12.0. The number of methoxy groups -OCH3 is 1. The van der Waals surface area contributed by atoms with E-state index in [9.17, 15) is 9.59 Å². The van der Waals surface area contributed by atoms with Crippen molar-refractivity contribution in [2.24, 2.45) is 0 Å². The molecule has 0 atom stereocenters. The monoisotopic (exact) mass is 335 g/mol. The highest BCUT2D eigenvalue weighted by Crippen LogP contribution is 2.22. The molecule has 1 amide bonds. The molecule has 126 valence electrons. The molecule has 0 saturated carbocycles. The Balaban J connectivity index is 1.93. The molecule has 2 N–H and O–H groups in total. The van der Waals surface area contributed by atoms with E-state index >= 15 is 0 Å². The normalized spacial score (nSPS) is 10.3. The maximum Gasteiger partial charge on any atom is 0.346 e. The quantitative estimate of drug-likeness (QED) is 0.767. The number of hydrogen-bond acceptors (Lipinski definition) is 4. The number of nitrogens with zero attached hydrogens (tertiary/aromatic N) is 1. The second-order valence-electron chi connectivity index (χ2n) is 5.54. The summed E-state index contributed by atoms with van der Waals surface area (Å²) in [4.78, 5) is 30.7. The maximum absolute atomic E-state index is 12.5. The van der Waals surface area contributed by atoms with Gasteiger partial charge in [-0.05, 0) is 42.8 Å². The Morgan fingerprint density at radius 1 is 1.12 bits per heavy atom. The van der Waals surface area contributed by atoms with Crippen molar-refractivity contribution >= 4 is 11.6 Å². The van der Waals surface area contributed by atoms with Gasteiger partial charge in [-0.15, -0.1) is 0 Å². The van der Waals surface area contributed by atoms with Crippen molar-refractivity contribution < 1.29 is 9.53 Å². The van der Waals surface area contributed by atoms with E-state index in [4.69, 9.17) is 4.74 Å². The lowest BCUT2D eigenvalue weighted by atomic mass is 10.1. The highest BCUT2D eigenvalue weighted by Gasteiger charge is 2.11. The van der Waals surface area contributed by atoms with Crippen molar-refractivity contribution in [1.29, 1.82) is 0 Å². The number of aromatic amines is 1. The van der Waals surface area contributed by atoms with E-state index in [1.807, 2.05) is 25.1 Å². The summed E-state index contributed by atoms with van der Waals surface area (Å²) in [5, 5.41) is 2.77. The van der Waals surface area contributed by atoms with Gasteiger partial charge >= 0.3 is 5.69 Å². The van der Waals surface area contributed by atoms with Crippen LogP contribution < -0.4 is 15.7 Å². The summed E-state index contributed by atoms with van der Waals surface area (Å²) >= 11 is 0. The fourth-order valence-corrected chi connectivity index (χ4v) is 2.43. The molecule has 1 heterocycles. The predicted octanol–water partition coefficient (Wildman–Crippen LogP) is 3.01. The van der Waals surface area contributed by atoms with Crippen LogP contribution in [0.3, 0.4) is 0 Å². The average Bonchev–Trinajstić information content (AvgIpc) is 2.61. The number of H-pyrrole nitrogens is 1. The molecule has 6 nitrogen and oxygen atoms in total. The minimum atomic E-state index is -0.588. The summed E-state index contributed by atoms with van der Waals surface area (Å²) < 4.78 is 5.18. The molecule has 1 aromatic heterocycles. The van der Waals surface area contributed by atoms with Gasteiger partial charge in [-0.2, -0.15) is 4.98 Å². The van der Waals surface area contributed by atoms with E-state index in [0.29, 0.717) is 22.7 Å². The van der Waals surface area contributed by atoms with Crippen molar-refractivity contribution in [3.05, 3.63) is 76.3 Å². The number of carbonyl (C=O) groups excluding carboxylic acids is 1. The molecule has 2 aromatic carbocycles. The summed E-state index contributed by atoms with van der Waals surface area (Å²) in [6, 6.07) is 16.1.